The Morgan fingerprint density at radius 3 is 2.29 bits per heavy atom. The van der Waals surface area contributed by atoms with E-state index in [1.807, 2.05) is 0 Å². The summed E-state index contributed by atoms with van der Waals surface area (Å²) in [6, 6.07) is 6.65. The van der Waals surface area contributed by atoms with Crippen molar-refractivity contribution in [2.45, 2.75) is 33.1 Å². The molecule has 0 fully saturated rings. The standard InChI is InChI=1S/C12H17NS/c1-9-6-10(2)8-11(7-9)4-3-5-12(13)14/h6-8H,3-5H2,1-2H3,(H2,13,14). The molecule has 0 amide bonds. The van der Waals surface area contributed by atoms with Gasteiger partial charge in [0.1, 0.15) is 0 Å². The van der Waals surface area contributed by atoms with Gasteiger partial charge >= 0.3 is 0 Å². The second-order valence-electron chi connectivity index (χ2n) is 3.82. The lowest BCUT2D eigenvalue weighted by Gasteiger charge is -2.04. The molecule has 0 aliphatic carbocycles. The van der Waals surface area contributed by atoms with Crippen molar-refractivity contribution in [1.82, 2.24) is 0 Å². The van der Waals surface area contributed by atoms with Gasteiger partial charge in [0.15, 0.2) is 0 Å². The minimum Gasteiger partial charge on any atom is -0.393 e. The quantitative estimate of drug-likeness (QED) is 0.768. The van der Waals surface area contributed by atoms with Gasteiger partial charge in [-0.05, 0) is 38.7 Å². The molecule has 1 nitrogen and oxygen atoms in total. The van der Waals surface area contributed by atoms with Crippen LogP contribution < -0.4 is 5.73 Å². The van der Waals surface area contributed by atoms with Gasteiger partial charge in [0.25, 0.3) is 0 Å². The molecule has 0 radical (unpaired) electrons. The van der Waals surface area contributed by atoms with E-state index in [4.69, 9.17) is 18.0 Å². The van der Waals surface area contributed by atoms with E-state index in [0.29, 0.717) is 4.99 Å². The molecule has 0 bridgehead atoms. The van der Waals surface area contributed by atoms with Gasteiger partial charge in [-0.1, -0.05) is 41.5 Å². The van der Waals surface area contributed by atoms with Crippen molar-refractivity contribution in [3.05, 3.63) is 34.9 Å². The number of aryl methyl sites for hydroxylation is 3. The molecule has 0 aliphatic heterocycles. The van der Waals surface area contributed by atoms with Crippen LogP contribution in [-0.2, 0) is 6.42 Å². The molecule has 2 N–H and O–H groups in total. The minimum absolute atomic E-state index is 0.620. The molecular formula is C12H17NS. The molecule has 1 aromatic rings. The number of nitrogens with two attached hydrogens (primary N) is 1. The van der Waals surface area contributed by atoms with Gasteiger partial charge in [0, 0.05) is 0 Å². The van der Waals surface area contributed by atoms with Crippen molar-refractivity contribution >= 4 is 17.2 Å². The van der Waals surface area contributed by atoms with Crippen LogP contribution in [0.3, 0.4) is 0 Å². The lowest BCUT2D eigenvalue weighted by atomic mass is 10.0. The first kappa shape index (κ1) is 11.2. The minimum atomic E-state index is 0.620. The lowest BCUT2D eigenvalue weighted by molar-refractivity contribution is 0.865. The molecule has 0 unspecified atom stereocenters. The summed E-state index contributed by atoms with van der Waals surface area (Å²) in [7, 11) is 0. The molecule has 0 atom stereocenters. The van der Waals surface area contributed by atoms with Crippen molar-refractivity contribution in [3.63, 3.8) is 0 Å². The zero-order chi connectivity index (χ0) is 10.6. The molecule has 0 saturated carbocycles. The van der Waals surface area contributed by atoms with E-state index in [9.17, 15) is 0 Å². The van der Waals surface area contributed by atoms with Crippen LogP contribution in [0, 0.1) is 13.8 Å². The lowest BCUT2D eigenvalue weighted by Crippen LogP contribution is -2.07. The van der Waals surface area contributed by atoms with Crippen LogP contribution in [-0.4, -0.2) is 4.99 Å². The van der Waals surface area contributed by atoms with Crippen molar-refractivity contribution in [1.29, 1.82) is 0 Å². The van der Waals surface area contributed by atoms with Gasteiger partial charge in [0.05, 0.1) is 4.99 Å². The van der Waals surface area contributed by atoms with Crippen LogP contribution >= 0.6 is 12.2 Å². The van der Waals surface area contributed by atoms with Crippen LogP contribution in [0.1, 0.15) is 29.5 Å². The predicted octanol–water partition coefficient (Wildman–Crippen LogP) is 2.91. The predicted molar refractivity (Wildman–Crippen MR) is 65.6 cm³/mol. The highest BCUT2D eigenvalue weighted by Crippen LogP contribution is 2.11. The molecule has 1 rings (SSSR count). The van der Waals surface area contributed by atoms with E-state index in [1.165, 1.54) is 16.7 Å². The summed E-state index contributed by atoms with van der Waals surface area (Å²) in [5.41, 5.74) is 9.49. The molecule has 0 aromatic heterocycles. The van der Waals surface area contributed by atoms with Crippen LogP contribution in [0.2, 0.25) is 0 Å². The van der Waals surface area contributed by atoms with Gasteiger partial charge < -0.3 is 5.73 Å². The Morgan fingerprint density at radius 1 is 1.21 bits per heavy atom. The van der Waals surface area contributed by atoms with E-state index in [1.54, 1.807) is 0 Å². The first-order valence-corrected chi connectivity index (χ1v) is 5.34. The molecule has 2 heteroatoms. The maximum Gasteiger partial charge on any atom is 0.0727 e. The number of hydrogen-bond acceptors (Lipinski definition) is 1. The van der Waals surface area contributed by atoms with Crippen molar-refractivity contribution in [3.8, 4) is 0 Å². The third-order valence-corrected chi connectivity index (χ3v) is 2.37. The van der Waals surface area contributed by atoms with Gasteiger partial charge in [-0.2, -0.15) is 0 Å². The Labute approximate surface area is 91.3 Å². The average Bonchev–Trinajstić information content (AvgIpc) is 2.01. The van der Waals surface area contributed by atoms with Crippen molar-refractivity contribution in [2.24, 2.45) is 5.73 Å². The summed E-state index contributed by atoms with van der Waals surface area (Å²) in [5.74, 6) is 0. The summed E-state index contributed by atoms with van der Waals surface area (Å²) >= 11 is 4.84. The molecule has 1 aromatic carbocycles. The van der Waals surface area contributed by atoms with Crippen LogP contribution in [0.5, 0.6) is 0 Å². The summed E-state index contributed by atoms with van der Waals surface area (Å²) in [5, 5.41) is 0. The fourth-order valence-electron chi connectivity index (χ4n) is 1.68. The SMILES string of the molecule is Cc1cc(C)cc(CCCC(N)=S)c1. The molecule has 0 heterocycles. The third-order valence-electron chi connectivity index (χ3n) is 2.17. The summed E-state index contributed by atoms with van der Waals surface area (Å²) in [4.78, 5) is 0.620. The van der Waals surface area contributed by atoms with Crippen LogP contribution in [0.4, 0.5) is 0 Å². The van der Waals surface area contributed by atoms with E-state index in [-0.39, 0.29) is 0 Å². The third kappa shape index (κ3) is 3.88. The molecule has 0 saturated heterocycles. The smallest absolute Gasteiger partial charge is 0.0727 e. The van der Waals surface area contributed by atoms with Gasteiger partial charge in [-0.25, -0.2) is 0 Å². The number of hydrogen-bond donors (Lipinski definition) is 1. The van der Waals surface area contributed by atoms with E-state index in [0.717, 1.165) is 19.3 Å². The maximum absolute atomic E-state index is 5.45. The zero-order valence-corrected chi connectivity index (χ0v) is 9.66. The summed E-state index contributed by atoms with van der Waals surface area (Å²) in [6.07, 6.45) is 2.97. The normalized spacial score (nSPS) is 10.1. The monoisotopic (exact) mass is 207 g/mol. The first-order chi connectivity index (χ1) is 6.58. The number of benzene rings is 1. The molecule has 76 valence electrons. The second-order valence-corrected chi connectivity index (χ2v) is 4.34. The fourth-order valence-corrected chi connectivity index (χ4v) is 1.82. The summed E-state index contributed by atoms with van der Waals surface area (Å²) in [6.45, 7) is 4.26. The average molecular weight is 207 g/mol. The number of thiocarbonyl (C=S) groups is 1. The Bertz CT molecular complexity index is 311. The Morgan fingerprint density at radius 2 is 1.79 bits per heavy atom. The Kier molecular flexibility index (Phi) is 4.08. The molecule has 0 spiro atoms. The van der Waals surface area contributed by atoms with Gasteiger partial charge in [0.2, 0.25) is 0 Å². The highest BCUT2D eigenvalue weighted by Gasteiger charge is 1.97. The highest BCUT2D eigenvalue weighted by atomic mass is 32.1. The molecule has 0 aliphatic rings. The first-order valence-electron chi connectivity index (χ1n) is 4.93. The highest BCUT2D eigenvalue weighted by molar-refractivity contribution is 7.80. The summed E-state index contributed by atoms with van der Waals surface area (Å²) < 4.78 is 0. The van der Waals surface area contributed by atoms with Crippen LogP contribution in [0.25, 0.3) is 0 Å². The van der Waals surface area contributed by atoms with Crippen molar-refractivity contribution in [2.75, 3.05) is 0 Å². The topological polar surface area (TPSA) is 26.0 Å². The largest absolute Gasteiger partial charge is 0.393 e. The van der Waals surface area contributed by atoms with E-state index < -0.39 is 0 Å². The fraction of sp³-hybridized carbons (Fsp3) is 0.417. The van der Waals surface area contributed by atoms with Crippen molar-refractivity contribution < 1.29 is 0 Å². The zero-order valence-electron chi connectivity index (χ0n) is 8.84. The Hall–Kier alpha value is -0.890. The van der Waals surface area contributed by atoms with Crippen LogP contribution in [0.15, 0.2) is 18.2 Å². The van der Waals surface area contributed by atoms with E-state index >= 15 is 0 Å². The van der Waals surface area contributed by atoms with E-state index in [2.05, 4.69) is 32.0 Å². The molecular weight excluding hydrogens is 190 g/mol. The number of rotatable bonds is 4. The van der Waals surface area contributed by atoms with Gasteiger partial charge in [-0.3, -0.25) is 0 Å². The maximum atomic E-state index is 5.45. The Balaban J connectivity index is 2.54. The van der Waals surface area contributed by atoms with Gasteiger partial charge in [-0.15, -0.1) is 0 Å². The molecule has 14 heavy (non-hydrogen) atoms. The second kappa shape index (κ2) is 5.11.